The van der Waals surface area contributed by atoms with Gasteiger partial charge in [0.2, 0.25) is 0 Å². The molecule has 29 heavy (non-hydrogen) atoms. The van der Waals surface area contributed by atoms with Gasteiger partial charge in [0.05, 0.1) is 28.2 Å². The fourth-order valence-corrected chi connectivity index (χ4v) is 5.10. The second kappa shape index (κ2) is 8.11. The number of thiophene rings is 1. The third-order valence-electron chi connectivity index (χ3n) is 6.02. The van der Waals surface area contributed by atoms with Crippen LogP contribution in [-0.2, 0) is 0 Å². The van der Waals surface area contributed by atoms with Crippen LogP contribution in [0, 0.1) is 18.8 Å². The molecule has 1 aliphatic heterocycles. The van der Waals surface area contributed by atoms with E-state index in [0.717, 1.165) is 23.6 Å². The van der Waals surface area contributed by atoms with Gasteiger partial charge in [-0.1, -0.05) is 25.8 Å². The minimum atomic E-state index is -0.254. The summed E-state index contributed by atoms with van der Waals surface area (Å²) in [7, 11) is 0. The van der Waals surface area contributed by atoms with Crippen molar-refractivity contribution in [3.8, 4) is 0 Å². The topological polar surface area (TPSA) is 66.5 Å². The molecule has 1 aliphatic carbocycles. The van der Waals surface area contributed by atoms with Crippen LogP contribution in [0.2, 0.25) is 0 Å². The maximum absolute atomic E-state index is 13.1. The van der Waals surface area contributed by atoms with Crippen LogP contribution >= 0.6 is 11.3 Å². The summed E-state index contributed by atoms with van der Waals surface area (Å²) >= 11 is 1.40. The summed E-state index contributed by atoms with van der Waals surface area (Å²) in [5.41, 5.74) is 1.15. The van der Waals surface area contributed by atoms with Gasteiger partial charge in [-0.2, -0.15) is 0 Å². The summed E-state index contributed by atoms with van der Waals surface area (Å²) in [5.74, 6) is 0.747. The lowest BCUT2D eigenvalue weighted by atomic mass is 9.82. The molecule has 1 N–H and O–H groups in total. The lowest BCUT2D eigenvalue weighted by Crippen LogP contribution is -2.44. The van der Waals surface area contributed by atoms with Crippen LogP contribution in [-0.4, -0.2) is 35.6 Å². The maximum atomic E-state index is 13.1. The van der Waals surface area contributed by atoms with Crippen molar-refractivity contribution in [3.05, 3.63) is 51.2 Å². The SMILES string of the molecule is Cc1ccc(C(=O)Nc2cccc3c2C(=O)CN(CC2CCC(C)CC2)C3=O)s1. The van der Waals surface area contributed by atoms with Crippen LogP contribution < -0.4 is 5.32 Å². The monoisotopic (exact) mass is 410 g/mol. The first-order chi connectivity index (χ1) is 13.9. The summed E-state index contributed by atoms with van der Waals surface area (Å²) < 4.78 is 0. The van der Waals surface area contributed by atoms with Crippen LogP contribution in [0.1, 0.15) is 67.9 Å². The molecule has 0 atom stereocenters. The van der Waals surface area contributed by atoms with Gasteiger partial charge in [0.15, 0.2) is 5.78 Å². The number of carbonyl (C=O) groups is 3. The fourth-order valence-electron chi connectivity index (χ4n) is 4.34. The molecule has 1 aromatic heterocycles. The van der Waals surface area contributed by atoms with E-state index in [1.54, 1.807) is 29.2 Å². The Morgan fingerprint density at radius 3 is 2.59 bits per heavy atom. The Morgan fingerprint density at radius 2 is 1.90 bits per heavy atom. The predicted molar refractivity (Wildman–Crippen MR) is 115 cm³/mol. The van der Waals surface area contributed by atoms with Crippen LogP contribution in [0.3, 0.4) is 0 Å². The van der Waals surface area contributed by atoms with Crippen molar-refractivity contribution in [2.45, 2.75) is 39.5 Å². The quantitative estimate of drug-likeness (QED) is 0.789. The number of aryl methyl sites for hydroxylation is 1. The molecule has 2 amide bonds. The molecule has 1 aromatic carbocycles. The maximum Gasteiger partial charge on any atom is 0.265 e. The average Bonchev–Trinajstić information content (AvgIpc) is 3.14. The highest BCUT2D eigenvalue weighted by Crippen LogP contribution is 2.32. The first-order valence-electron chi connectivity index (χ1n) is 10.3. The van der Waals surface area contributed by atoms with E-state index in [2.05, 4.69) is 12.2 Å². The Morgan fingerprint density at radius 1 is 1.14 bits per heavy atom. The number of rotatable bonds is 4. The zero-order chi connectivity index (χ0) is 20.5. The van der Waals surface area contributed by atoms with E-state index in [1.165, 1.54) is 24.2 Å². The van der Waals surface area contributed by atoms with Gasteiger partial charge in [0.1, 0.15) is 0 Å². The van der Waals surface area contributed by atoms with Gasteiger partial charge in [-0.15, -0.1) is 11.3 Å². The van der Waals surface area contributed by atoms with Crippen LogP contribution in [0.5, 0.6) is 0 Å². The number of fused-ring (bicyclic) bond motifs is 1. The van der Waals surface area contributed by atoms with Gasteiger partial charge in [-0.3, -0.25) is 14.4 Å². The van der Waals surface area contributed by atoms with Crippen molar-refractivity contribution in [2.75, 3.05) is 18.4 Å². The summed E-state index contributed by atoms with van der Waals surface area (Å²) in [6.45, 7) is 4.94. The van der Waals surface area contributed by atoms with Gasteiger partial charge in [0.25, 0.3) is 11.8 Å². The first-order valence-corrected chi connectivity index (χ1v) is 11.1. The predicted octanol–water partition coefficient (Wildman–Crippen LogP) is 4.77. The highest BCUT2D eigenvalue weighted by molar-refractivity contribution is 7.14. The second-order valence-electron chi connectivity index (χ2n) is 8.33. The molecule has 0 bridgehead atoms. The van der Waals surface area contributed by atoms with Gasteiger partial charge < -0.3 is 10.2 Å². The number of carbonyl (C=O) groups excluding carboxylic acids is 3. The molecular formula is C23H26N2O3S. The third-order valence-corrected chi connectivity index (χ3v) is 7.02. The Hall–Kier alpha value is -2.47. The van der Waals surface area contributed by atoms with E-state index < -0.39 is 0 Å². The van der Waals surface area contributed by atoms with Gasteiger partial charge in [0, 0.05) is 11.4 Å². The van der Waals surface area contributed by atoms with E-state index in [4.69, 9.17) is 0 Å². The van der Waals surface area contributed by atoms with Crippen LogP contribution in [0.15, 0.2) is 30.3 Å². The summed E-state index contributed by atoms with van der Waals surface area (Å²) in [6, 6.07) is 8.77. The van der Waals surface area contributed by atoms with E-state index in [1.807, 2.05) is 13.0 Å². The zero-order valence-electron chi connectivity index (χ0n) is 16.9. The lowest BCUT2D eigenvalue weighted by Gasteiger charge is -2.34. The standard InChI is InChI=1S/C23H26N2O3S/c1-14-6-9-16(10-7-14)12-25-13-19(26)21-17(23(25)28)4-3-5-18(21)24-22(27)20-11-8-15(2)29-20/h3-5,8,11,14,16H,6-7,9-10,12-13H2,1-2H3,(H,24,27). The van der Waals surface area contributed by atoms with Gasteiger partial charge in [-0.05, 0) is 55.9 Å². The third kappa shape index (κ3) is 4.13. The zero-order valence-corrected chi connectivity index (χ0v) is 17.7. The Bertz CT molecular complexity index is 957. The van der Waals surface area contributed by atoms with Crippen molar-refractivity contribution in [2.24, 2.45) is 11.8 Å². The number of anilines is 1. The molecule has 4 rings (SSSR count). The largest absolute Gasteiger partial charge is 0.331 e. The minimum absolute atomic E-state index is 0.0862. The number of hydrogen-bond donors (Lipinski definition) is 1. The molecule has 0 spiro atoms. The molecule has 152 valence electrons. The van der Waals surface area contributed by atoms with Crippen molar-refractivity contribution < 1.29 is 14.4 Å². The number of amides is 2. The lowest BCUT2D eigenvalue weighted by molar-refractivity contribution is 0.0637. The van der Waals surface area contributed by atoms with Gasteiger partial charge in [-0.25, -0.2) is 0 Å². The molecule has 1 fully saturated rings. The van der Waals surface area contributed by atoms with E-state index in [-0.39, 0.29) is 24.1 Å². The normalized spacial score (nSPS) is 21.8. The molecule has 0 radical (unpaired) electrons. The van der Waals surface area contributed by atoms with Gasteiger partial charge >= 0.3 is 0 Å². The summed E-state index contributed by atoms with van der Waals surface area (Å²) in [5, 5.41) is 2.83. The second-order valence-corrected chi connectivity index (χ2v) is 9.62. The van der Waals surface area contributed by atoms with Crippen LogP contribution in [0.4, 0.5) is 5.69 Å². The number of Topliss-reactive ketones (excluding diaryl/α,β-unsaturated/α-hetero) is 1. The highest BCUT2D eigenvalue weighted by atomic mass is 32.1. The molecular weight excluding hydrogens is 384 g/mol. The van der Waals surface area contributed by atoms with Crippen molar-refractivity contribution >= 4 is 34.6 Å². The summed E-state index contributed by atoms with van der Waals surface area (Å²) in [4.78, 5) is 41.9. The number of nitrogens with zero attached hydrogens (tertiary/aromatic N) is 1. The Kier molecular flexibility index (Phi) is 5.54. The van der Waals surface area contributed by atoms with Crippen molar-refractivity contribution in [1.82, 2.24) is 4.90 Å². The molecule has 2 aliphatic rings. The van der Waals surface area contributed by atoms with E-state index >= 15 is 0 Å². The number of ketones is 1. The molecule has 0 unspecified atom stereocenters. The first kappa shape index (κ1) is 19.8. The molecule has 0 saturated heterocycles. The van der Waals surface area contributed by atoms with E-state index in [9.17, 15) is 14.4 Å². The minimum Gasteiger partial charge on any atom is -0.331 e. The molecule has 6 heteroatoms. The Labute approximate surface area is 175 Å². The van der Waals surface area contributed by atoms with Crippen LogP contribution in [0.25, 0.3) is 0 Å². The molecule has 1 saturated carbocycles. The summed E-state index contributed by atoms with van der Waals surface area (Å²) in [6.07, 6.45) is 4.61. The van der Waals surface area contributed by atoms with Crippen molar-refractivity contribution in [3.63, 3.8) is 0 Å². The number of hydrogen-bond acceptors (Lipinski definition) is 4. The average molecular weight is 411 g/mol. The molecule has 2 heterocycles. The van der Waals surface area contributed by atoms with Crippen molar-refractivity contribution in [1.29, 1.82) is 0 Å². The smallest absolute Gasteiger partial charge is 0.265 e. The Balaban J connectivity index is 1.53. The fraction of sp³-hybridized carbons (Fsp3) is 0.435. The molecule has 5 nitrogen and oxygen atoms in total. The number of benzene rings is 1. The molecule has 2 aromatic rings. The highest BCUT2D eigenvalue weighted by Gasteiger charge is 2.34. The van der Waals surface area contributed by atoms with E-state index in [0.29, 0.717) is 34.2 Å². The number of nitrogens with one attached hydrogen (secondary N) is 1.